The molecule has 0 amide bonds. The van der Waals surface area contributed by atoms with Crippen molar-refractivity contribution in [1.82, 2.24) is 4.72 Å². The van der Waals surface area contributed by atoms with Crippen molar-refractivity contribution in [2.24, 2.45) is 5.92 Å². The third-order valence-electron chi connectivity index (χ3n) is 2.48. The van der Waals surface area contributed by atoms with Crippen LogP contribution >= 0.6 is 23.2 Å². The minimum absolute atomic E-state index is 0.0256. The summed E-state index contributed by atoms with van der Waals surface area (Å²) in [5, 5.41) is 10.9. The molecule has 5 nitrogen and oxygen atoms in total. The van der Waals surface area contributed by atoms with E-state index >= 15 is 0 Å². The van der Waals surface area contributed by atoms with Gasteiger partial charge < -0.3 is 9.90 Å². The summed E-state index contributed by atoms with van der Waals surface area (Å²) in [6.45, 7) is 3.54. The number of benzene rings is 1. The molecule has 0 spiro atoms. The third kappa shape index (κ3) is 4.34. The third-order valence-corrected chi connectivity index (χ3v) is 4.90. The highest BCUT2D eigenvalue weighted by Crippen LogP contribution is 2.29. The number of hydrogen-bond acceptors (Lipinski definition) is 4. The zero-order chi connectivity index (χ0) is 15.5. The largest absolute Gasteiger partial charge is 0.548 e. The Kier molecular flexibility index (Phi) is 5.82. The molecule has 1 aromatic rings. The summed E-state index contributed by atoms with van der Waals surface area (Å²) in [6, 6.07) is 2.87. The minimum atomic E-state index is -4.15. The molecule has 0 saturated heterocycles. The zero-order valence-electron chi connectivity index (χ0n) is 10.9. The predicted molar refractivity (Wildman–Crippen MR) is 75.0 cm³/mol. The van der Waals surface area contributed by atoms with Gasteiger partial charge in [0.05, 0.1) is 22.1 Å². The smallest absolute Gasteiger partial charge is 0.244 e. The van der Waals surface area contributed by atoms with Gasteiger partial charge in [-0.15, -0.1) is 0 Å². The van der Waals surface area contributed by atoms with Crippen molar-refractivity contribution in [2.45, 2.75) is 31.2 Å². The summed E-state index contributed by atoms with van der Waals surface area (Å²) in [6.07, 6.45) is 0.101. The van der Waals surface area contributed by atoms with Gasteiger partial charge in [-0.1, -0.05) is 43.1 Å². The number of carboxylic acid groups (broad SMARTS) is 1. The van der Waals surface area contributed by atoms with E-state index in [1.807, 2.05) is 0 Å². The van der Waals surface area contributed by atoms with E-state index in [0.717, 1.165) is 0 Å². The second-order valence-electron chi connectivity index (χ2n) is 4.67. The Labute approximate surface area is 127 Å². The molecule has 0 radical (unpaired) electrons. The molecule has 1 atom stereocenters. The quantitative estimate of drug-likeness (QED) is 0.850. The summed E-state index contributed by atoms with van der Waals surface area (Å²) in [4.78, 5) is 10.7. The molecule has 1 N–H and O–H groups in total. The van der Waals surface area contributed by atoms with Gasteiger partial charge in [0.15, 0.2) is 0 Å². The number of carbonyl (C=O) groups is 1. The van der Waals surface area contributed by atoms with Crippen LogP contribution in [0.25, 0.3) is 0 Å². The van der Waals surface area contributed by atoms with E-state index in [-0.39, 0.29) is 27.3 Å². The second-order valence-corrected chi connectivity index (χ2v) is 7.14. The maximum absolute atomic E-state index is 12.2. The lowest BCUT2D eigenvalue weighted by atomic mass is 10.1. The summed E-state index contributed by atoms with van der Waals surface area (Å²) in [5.41, 5.74) is 0. The maximum Gasteiger partial charge on any atom is 0.244 e. The van der Waals surface area contributed by atoms with Crippen LogP contribution in [0.1, 0.15) is 20.3 Å². The highest BCUT2D eigenvalue weighted by atomic mass is 35.5. The lowest BCUT2D eigenvalue weighted by Crippen LogP contribution is -2.48. The Morgan fingerprint density at radius 2 is 1.80 bits per heavy atom. The van der Waals surface area contributed by atoms with Gasteiger partial charge in [-0.2, -0.15) is 0 Å². The Morgan fingerprint density at radius 1 is 1.30 bits per heavy atom. The van der Waals surface area contributed by atoms with Crippen LogP contribution in [0, 0.1) is 5.92 Å². The van der Waals surface area contributed by atoms with Crippen LogP contribution in [-0.2, 0) is 14.8 Å². The number of sulfonamides is 1. The van der Waals surface area contributed by atoms with Crippen molar-refractivity contribution in [2.75, 3.05) is 0 Å². The van der Waals surface area contributed by atoms with Gasteiger partial charge in [-0.3, -0.25) is 0 Å². The molecule has 0 aliphatic rings. The van der Waals surface area contributed by atoms with Crippen molar-refractivity contribution in [1.29, 1.82) is 0 Å². The van der Waals surface area contributed by atoms with Gasteiger partial charge in [0, 0.05) is 0 Å². The topological polar surface area (TPSA) is 86.3 Å². The summed E-state index contributed by atoms with van der Waals surface area (Å²) >= 11 is 11.6. The molecule has 8 heteroatoms. The summed E-state index contributed by atoms with van der Waals surface area (Å²) in [5.74, 6) is -1.52. The Morgan fingerprint density at radius 3 is 2.20 bits per heavy atom. The lowest BCUT2D eigenvalue weighted by Gasteiger charge is -2.22. The molecule has 0 aliphatic carbocycles. The van der Waals surface area contributed by atoms with E-state index in [2.05, 4.69) is 4.72 Å². The van der Waals surface area contributed by atoms with Crippen LogP contribution < -0.4 is 9.83 Å². The highest BCUT2D eigenvalue weighted by molar-refractivity contribution is 7.89. The molecule has 0 heterocycles. The number of hydrogen-bond donors (Lipinski definition) is 1. The molecule has 0 fully saturated rings. The van der Waals surface area contributed by atoms with E-state index in [9.17, 15) is 18.3 Å². The number of halogens is 2. The van der Waals surface area contributed by atoms with Gasteiger partial charge in [0.1, 0.15) is 4.90 Å². The fourth-order valence-electron chi connectivity index (χ4n) is 1.65. The maximum atomic E-state index is 12.2. The van der Waals surface area contributed by atoms with Crippen LogP contribution in [0.3, 0.4) is 0 Å². The number of rotatable bonds is 6. The molecular formula is C12H14Cl2NO4S-. The average molecular weight is 339 g/mol. The molecule has 0 aliphatic heterocycles. The van der Waals surface area contributed by atoms with Crippen molar-refractivity contribution < 1.29 is 18.3 Å². The summed E-state index contributed by atoms with van der Waals surface area (Å²) < 4.78 is 26.5. The molecular weight excluding hydrogens is 325 g/mol. The zero-order valence-corrected chi connectivity index (χ0v) is 13.2. The number of carbonyl (C=O) groups excluding carboxylic acids is 1. The van der Waals surface area contributed by atoms with Crippen molar-refractivity contribution in [3.63, 3.8) is 0 Å². The first-order chi connectivity index (χ1) is 9.15. The van der Waals surface area contributed by atoms with Gasteiger partial charge >= 0.3 is 0 Å². The Balaban J connectivity index is 3.13. The molecule has 0 bridgehead atoms. The van der Waals surface area contributed by atoms with Crippen LogP contribution in [0.4, 0.5) is 0 Å². The van der Waals surface area contributed by atoms with Crippen LogP contribution in [0.5, 0.6) is 0 Å². The second kappa shape index (κ2) is 6.76. The first kappa shape index (κ1) is 17.2. The van der Waals surface area contributed by atoms with E-state index in [1.165, 1.54) is 18.2 Å². The Bertz CT molecular complexity index is 581. The first-order valence-corrected chi connectivity index (χ1v) is 8.06. The molecule has 1 rings (SSSR count). The fraction of sp³-hybridized carbons (Fsp3) is 0.417. The van der Waals surface area contributed by atoms with Crippen LogP contribution in [0.2, 0.25) is 10.0 Å². The van der Waals surface area contributed by atoms with E-state index in [4.69, 9.17) is 23.2 Å². The van der Waals surface area contributed by atoms with Gasteiger partial charge in [0.25, 0.3) is 0 Å². The van der Waals surface area contributed by atoms with E-state index in [0.29, 0.717) is 0 Å². The average Bonchev–Trinajstić information content (AvgIpc) is 2.26. The first-order valence-electron chi connectivity index (χ1n) is 5.82. The monoisotopic (exact) mass is 338 g/mol. The lowest BCUT2D eigenvalue weighted by molar-refractivity contribution is -0.308. The molecule has 112 valence electrons. The standard InChI is InChI=1S/C12H15Cl2NO4S/c1-7(2)6-10(12(16)17)15-20(18,19)11-8(13)4-3-5-9(11)14/h3-5,7,10,15H,6H2,1-2H3,(H,16,17)/p-1/t10-/m0/s1. The normalized spacial score (nSPS) is 13.4. The number of nitrogens with one attached hydrogen (secondary N) is 1. The van der Waals surface area contributed by atoms with E-state index < -0.39 is 22.0 Å². The van der Waals surface area contributed by atoms with Crippen LogP contribution in [-0.4, -0.2) is 20.4 Å². The molecule has 20 heavy (non-hydrogen) atoms. The molecule has 0 unspecified atom stereocenters. The Hall–Kier alpha value is -0.820. The van der Waals surface area contributed by atoms with Gasteiger partial charge in [-0.25, -0.2) is 13.1 Å². The fourth-order valence-corrected chi connectivity index (χ4v) is 3.99. The number of carboxylic acids is 1. The van der Waals surface area contributed by atoms with E-state index in [1.54, 1.807) is 13.8 Å². The number of aliphatic carboxylic acids is 1. The van der Waals surface area contributed by atoms with Crippen molar-refractivity contribution >= 4 is 39.2 Å². The molecule has 0 saturated carbocycles. The SMILES string of the molecule is CC(C)C[C@H](NS(=O)(=O)c1c(Cl)cccc1Cl)C(=O)[O-]. The van der Waals surface area contributed by atoms with Crippen molar-refractivity contribution in [3.05, 3.63) is 28.2 Å². The van der Waals surface area contributed by atoms with Crippen molar-refractivity contribution in [3.8, 4) is 0 Å². The highest BCUT2D eigenvalue weighted by Gasteiger charge is 2.26. The molecule has 1 aromatic carbocycles. The minimum Gasteiger partial charge on any atom is -0.548 e. The van der Waals surface area contributed by atoms with Gasteiger partial charge in [0.2, 0.25) is 10.0 Å². The molecule has 0 aromatic heterocycles. The summed E-state index contributed by atoms with van der Waals surface area (Å²) in [7, 11) is -4.15. The van der Waals surface area contributed by atoms with Gasteiger partial charge in [-0.05, 0) is 24.5 Å². The van der Waals surface area contributed by atoms with Crippen LogP contribution in [0.15, 0.2) is 23.1 Å². The predicted octanol–water partition coefficient (Wildman–Crippen LogP) is 1.44.